The number of nitrogens with zero attached hydrogens (tertiary/aromatic N) is 3. The second-order valence-corrected chi connectivity index (χ2v) is 4.79. The van der Waals surface area contributed by atoms with Crippen LogP contribution in [0.25, 0.3) is 5.69 Å². The summed E-state index contributed by atoms with van der Waals surface area (Å²) in [6.07, 6.45) is 2.22. The fraction of sp³-hybridized carbons (Fsp3) is 0.214. The first-order valence-electron chi connectivity index (χ1n) is 6.13. The summed E-state index contributed by atoms with van der Waals surface area (Å²) in [4.78, 5) is 11.5. The molecule has 6 heteroatoms. The lowest BCUT2D eigenvalue weighted by Gasteiger charge is -2.04. The summed E-state index contributed by atoms with van der Waals surface area (Å²) >= 11 is 1.42. The number of carbonyl (C=O) groups is 1. The Morgan fingerprint density at radius 1 is 1.45 bits per heavy atom. The van der Waals surface area contributed by atoms with Gasteiger partial charge in [-0.05, 0) is 18.4 Å². The van der Waals surface area contributed by atoms with Gasteiger partial charge in [0.05, 0.1) is 5.69 Å². The van der Waals surface area contributed by atoms with E-state index in [1.165, 1.54) is 11.8 Å². The molecule has 1 amide bonds. The number of anilines is 1. The Balaban J connectivity index is 2.54. The zero-order valence-corrected chi connectivity index (χ0v) is 12.1. The molecule has 2 rings (SSSR count). The highest BCUT2D eigenvalue weighted by atomic mass is 32.2. The van der Waals surface area contributed by atoms with Gasteiger partial charge in [-0.2, -0.15) is 5.26 Å². The maximum atomic E-state index is 11.5. The van der Waals surface area contributed by atoms with Crippen LogP contribution in [-0.4, -0.2) is 21.9 Å². The van der Waals surface area contributed by atoms with Crippen molar-refractivity contribution in [2.75, 3.05) is 11.6 Å². The lowest BCUT2D eigenvalue weighted by molar-refractivity contribution is -0.115. The molecule has 102 valence electrons. The molecule has 0 atom stereocenters. The standard InChI is InChI=1S/C14H14N4OS/c1-3-12(19)16-13-11(9-15)14(20-2)18(17-13)10-7-5-4-6-8-10/h4-8H,3H2,1-2H3,(H,16,17,19). The number of aromatic nitrogens is 2. The summed E-state index contributed by atoms with van der Waals surface area (Å²) < 4.78 is 1.68. The molecule has 2 aromatic rings. The van der Waals surface area contributed by atoms with E-state index in [0.717, 1.165) is 5.69 Å². The number of amides is 1. The first-order valence-corrected chi connectivity index (χ1v) is 7.36. The molecule has 1 N–H and O–H groups in total. The summed E-state index contributed by atoms with van der Waals surface area (Å²) in [5.74, 6) is 0.152. The normalized spacial score (nSPS) is 10.1. The van der Waals surface area contributed by atoms with Crippen LogP contribution in [0.15, 0.2) is 35.4 Å². The molecular weight excluding hydrogens is 272 g/mol. The maximum absolute atomic E-state index is 11.5. The fourth-order valence-corrected chi connectivity index (χ4v) is 2.41. The third kappa shape index (κ3) is 2.68. The molecule has 0 aliphatic carbocycles. The van der Waals surface area contributed by atoms with Crippen LogP contribution < -0.4 is 5.32 Å². The van der Waals surface area contributed by atoms with E-state index in [4.69, 9.17) is 0 Å². The summed E-state index contributed by atoms with van der Waals surface area (Å²) in [5.41, 5.74) is 1.24. The van der Waals surface area contributed by atoms with Gasteiger partial charge in [-0.1, -0.05) is 25.1 Å². The zero-order valence-electron chi connectivity index (χ0n) is 11.3. The number of para-hydroxylation sites is 1. The number of carbonyl (C=O) groups excluding carboxylic acids is 1. The largest absolute Gasteiger partial charge is 0.308 e. The van der Waals surface area contributed by atoms with E-state index in [1.54, 1.807) is 11.6 Å². The highest BCUT2D eigenvalue weighted by Gasteiger charge is 2.19. The quantitative estimate of drug-likeness (QED) is 0.877. The predicted molar refractivity (Wildman–Crippen MR) is 79.0 cm³/mol. The SMILES string of the molecule is CCC(=O)Nc1nn(-c2ccccc2)c(SC)c1C#N. The molecule has 0 spiro atoms. The Bertz CT molecular complexity index is 658. The molecule has 20 heavy (non-hydrogen) atoms. The van der Waals surface area contributed by atoms with Gasteiger partial charge in [0.2, 0.25) is 5.91 Å². The molecule has 0 aliphatic heterocycles. The van der Waals surface area contributed by atoms with Crippen LogP contribution in [-0.2, 0) is 4.79 Å². The Kier molecular flexibility index (Phi) is 4.43. The fourth-order valence-electron chi connectivity index (χ4n) is 1.74. The Morgan fingerprint density at radius 3 is 2.70 bits per heavy atom. The van der Waals surface area contributed by atoms with Gasteiger partial charge in [0, 0.05) is 6.42 Å². The monoisotopic (exact) mass is 286 g/mol. The van der Waals surface area contributed by atoms with Gasteiger partial charge in [0.15, 0.2) is 5.82 Å². The van der Waals surface area contributed by atoms with Crippen LogP contribution in [0, 0.1) is 11.3 Å². The highest BCUT2D eigenvalue weighted by Crippen LogP contribution is 2.29. The number of nitriles is 1. The second-order valence-electron chi connectivity index (χ2n) is 3.99. The molecular formula is C14H14N4OS. The maximum Gasteiger partial charge on any atom is 0.225 e. The molecule has 0 bridgehead atoms. The molecule has 1 aromatic carbocycles. The topological polar surface area (TPSA) is 70.7 Å². The van der Waals surface area contributed by atoms with Crippen molar-refractivity contribution in [1.29, 1.82) is 5.26 Å². The van der Waals surface area contributed by atoms with Crippen LogP contribution in [0.1, 0.15) is 18.9 Å². The third-order valence-corrected chi connectivity index (χ3v) is 3.49. The molecule has 0 radical (unpaired) electrons. The minimum absolute atomic E-state index is 0.160. The van der Waals surface area contributed by atoms with Crippen LogP contribution in [0.5, 0.6) is 0 Å². The van der Waals surface area contributed by atoms with Gasteiger partial charge in [-0.3, -0.25) is 4.79 Å². The lowest BCUT2D eigenvalue weighted by Crippen LogP contribution is -2.11. The number of benzene rings is 1. The molecule has 0 aliphatic rings. The third-order valence-electron chi connectivity index (χ3n) is 2.73. The molecule has 1 heterocycles. The minimum atomic E-state index is -0.160. The van der Waals surface area contributed by atoms with Gasteiger partial charge in [0.1, 0.15) is 16.7 Å². The van der Waals surface area contributed by atoms with E-state index in [0.29, 0.717) is 22.8 Å². The van der Waals surface area contributed by atoms with Crippen molar-refractivity contribution in [1.82, 2.24) is 9.78 Å². The number of hydrogen-bond acceptors (Lipinski definition) is 4. The number of thioether (sulfide) groups is 1. The molecule has 1 aromatic heterocycles. The second kappa shape index (κ2) is 6.26. The van der Waals surface area contributed by atoms with Gasteiger partial charge in [0.25, 0.3) is 0 Å². The molecule has 5 nitrogen and oxygen atoms in total. The van der Waals surface area contributed by atoms with Crippen LogP contribution in [0.2, 0.25) is 0 Å². The molecule has 0 unspecified atom stereocenters. The molecule has 0 fully saturated rings. The van der Waals surface area contributed by atoms with E-state index in [1.807, 2.05) is 36.6 Å². The first-order chi connectivity index (χ1) is 9.71. The smallest absolute Gasteiger partial charge is 0.225 e. The Morgan fingerprint density at radius 2 is 2.15 bits per heavy atom. The average molecular weight is 286 g/mol. The number of nitrogens with one attached hydrogen (secondary N) is 1. The predicted octanol–water partition coefficient (Wildman–Crippen LogP) is 2.81. The summed E-state index contributed by atoms with van der Waals surface area (Å²) in [6.45, 7) is 1.76. The van der Waals surface area contributed by atoms with E-state index < -0.39 is 0 Å². The zero-order chi connectivity index (χ0) is 14.5. The highest BCUT2D eigenvalue weighted by molar-refractivity contribution is 7.98. The minimum Gasteiger partial charge on any atom is -0.308 e. The van der Waals surface area contributed by atoms with Crippen molar-refractivity contribution in [3.63, 3.8) is 0 Å². The number of hydrogen-bond donors (Lipinski definition) is 1. The van der Waals surface area contributed by atoms with E-state index >= 15 is 0 Å². The first kappa shape index (κ1) is 14.2. The van der Waals surface area contributed by atoms with Crippen molar-refractivity contribution in [2.45, 2.75) is 18.4 Å². The van der Waals surface area contributed by atoms with E-state index in [9.17, 15) is 10.1 Å². The van der Waals surface area contributed by atoms with Gasteiger partial charge in [-0.15, -0.1) is 16.9 Å². The van der Waals surface area contributed by atoms with Crippen molar-refractivity contribution in [3.05, 3.63) is 35.9 Å². The van der Waals surface area contributed by atoms with Crippen molar-refractivity contribution < 1.29 is 4.79 Å². The van der Waals surface area contributed by atoms with Crippen molar-refractivity contribution in [2.24, 2.45) is 0 Å². The average Bonchev–Trinajstić information content (AvgIpc) is 2.85. The Labute approximate surface area is 121 Å². The van der Waals surface area contributed by atoms with Gasteiger partial charge >= 0.3 is 0 Å². The van der Waals surface area contributed by atoms with E-state index in [-0.39, 0.29) is 5.91 Å². The van der Waals surface area contributed by atoms with Crippen molar-refractivity contribution >= 4 is 23.5 Å². The molecule has 0 saturated heterocycles. The van der Waals surface area contributed by atoms with E-state index in [2.05, 4.69) is 16.5 Å². The van der Waals surface area contributed by atoms with Crippen LogP contribution in [0.3, 0.4) is 0 Å². The van der Waals surface area contributed by atoms with Gasteiger partial charge < -0.3 is 5.32 Å². The summed E-state index contributed by atoms with van der Waals surface area (Å²) in [5, 5.41) is 17.0. The number of rotatable bonds is 4. The van der Waals surface area contributed by atoms with Crippen molar-refractivity contribution in [3.8, 4) is 11.8 Å². The summed E-state index contributed by atoms with van der Waals surface area (Å²) in [6, 6.07) is 11.6. The van der Waals surface area contributed by atoms with Crippen LogP contribution in [0.4, 0.5) is 5.82 Å². The Hall–Kier alpha value is -2.26. The van der Waals surface area contributed by atoms with Gasteiger partial charge in [-0.25, -0.2) is 4.68 Å². The van der Waals surface area contributed by atoms with Crippen LogP contribution >= 0.6 is 11.8 Å². The summed E-state index contributed by atoms with van der Waals surface area (Å²) in [7, 11) is 0. The molecule has 0 saturated carbocycles. The lowest BCUT2D eigenvalue weighted by atomic mass is 10.3.